The summed E-state index contributed by atoms with van der Waals surface area (Å²) in [5.74, 6) is -0.700. The van der Waals surface area contributed by atoms with Gasteiger partial charge in [0, 0.05) is 0 Å². The van der Waals surface area contributed by atoms with E-state index >= 15 is 0 Å². The van der Waals surface area contributed by atoms with Crippen molar-refractivity contribution in [3.05, 3.63) is 35.8 Å². The standard InChI is InChI=1S/C15H20O5/c1-4-18-12-9-7-11(8-10-12)13(14(16)19-5-2)15(17)20-6-3/h7-10,16H,4-6H2,1-3H3/p-1/b14-13-. The van der Waals surface area contributed by atoms with Gasteiger partial charge < -0.3 is 19.3 Å². The number of hydrogen-bond acceptors (Lipinski definition) is 5. The average molecular weight is 279 g/mol. The van der Waals surface area contributed by atoms with Gasteiger partial charge in [-0.3, -0.25) is 0 Å². The molecule has 1 aromatic rings. The maximum atomic E-state index is 11.9. The molecule has 0 saturated heterocycles. The van der Waals surface area contributed by atoms with Gasteiger partial charge in [-0.05, 0) is 38.2 Å². The highest BCUT2D eigenvalue weighted by Crippen LogP contribution is 2.22. The summed E-state index contributed by atoms with van der Waals surface area (Å²) in [5.41, 5.74) is 0.349. The Morgan fingerprint density at radius 2 is 1.60 bits per heavy atom. The van der Waals surface area contributed by atoms with Crippen LogP contribution in [0.25, 0.3) is 5.57 Å². The van der Waals surface area contributed by atoms with E-state index in [1.807, 2.05) is 6.92 Å². The van der Waals surface area contributed by atoms with Crippen LogP contribution >= 0.6 is 0 Å². The molecule has 1 aromatic carbocycles. The Hall–Kier alpha value is -2.17. The predicted octanol–water partition coefficient (Wildman–Crippen LogP) is 1.71. The predicted molar refractivity (Wildman–Crippen MR) is 72.8 cm³/mol. The fourth-order valence-electron chi connectivity index (χ4n) is 1.61. The molecule has 5 nitrogen and oxygen atoms in total. The molecule has 0 saturated carbocycles. The Balaban J connectivity index is 3.10. The van der Waals surface area contributed by atoms with E-state index in [1.165, 1.54) is 0 Å². The van der Waals surface area contributed by atoms with Crippen molar-refractivity contribution in [3.63, 3.8) is 0 Å². The highest BCUT2D eigenvalue weighted by atomic mass is 16.6. The number of rotatable bonds is 7. The molecule has 0 aliphatic heterocycles. The first-order valence-corrected chi connectivity index (χ1v) is 6.58. The van der Waals surface area contributed by atoms with Crippen LogP contribution in [0.5, 0.6) is 5.75 Å². The molecule has 0 bridgehead atoms. The first kappa shape index (κ1) is 15.9. The molecular weight excluding hydrogens is 260 g/mol. The van der Waals surface area contributed by atoms with Gasteiger partial charge >= 0.3 is 5.97 Å². The zero-order valence-electron chi connectivity index (χ0n) is 12.0. The van der Waals surface area contributed by atoms with Gasteiger partial charge in [0.25, 0.3) is 0 Å². The molecule has 110 valence electrons. The molecule has 0 fully saturated rings. The van der Waals surface area contributed by atoms with Gasteiger partial charge in [0.2, 0.25) is 0 Å². The van der Waals surface area contributed by atoms with E-state index in [4.69, 9.17) is 14.2 Å². The molecule has 0 radical (unpaired) electrons. The van der Waals surface area contributed by atoms with Gasteiger partial charge in [-0.1, -0.05) is 19.1 Å². The van der Waals surface area contributed by atoms with Gasteiger partial charge in [0.1, 0.15) is 5.75 Å². The largest absolute Gasteiger partial charge is 0.613 e. The third kappa shape index (κ3) is 4.19. The number of hydrogen-bond donors (Lipinski definition) is 0. The van der Waals surface area contributed by atoms with Crippen molar-refractivity contribution in [2.75, 3.05) is 19.8 Å². The highest BCUT2D eigenvalue weighted by Gasteiger charge is 2.15. The number of ether oxygens (including phenoxy) is 3. The molecule has 5 heteroatoms. The summed E-state index contributed by atoms with van der Waals surface area (Å²) in [5, 5.41) is 11.9. The van der Waals surface area contributed by atoms with Crippen LogP contribution in [0.15, 0.2) is 30.2 Å². The molecule has 0 atom stereocenters. The summed E-state index contributed by atoms with van der Waals surface area (Å²) in [7, 11) is 0. The van der Waals surface area contributed by atoms with Crippen molar-refractivity contribution in [1.29, 1.82) is 0 Å². The molecule has 0 N–H and O–H groups in total. The van der Waals surface area contributed by atoms with E-state index in [0.717, 1.165) is 0 Å². The van der Waals surface area contributed by atoms with Gasteiger partial charge in [0.15, 0.2) is 0 Å². The van der Waals surface area contributed by atoms with Gasteiger partial charge in [0.05, 0.1) is 24.7 Å². The fourth-order valence-corrected chi connectivity index (χ4v) is 1.61. The molecule has 0 spiro atoms. The Morgan fingerprint density at radius 1 is 1.00 bits per heavy atom. The Bertz CT molecular complexity index is 462. The third-order valence-corrected chi connectivity index (χ3v) is 2.41. The van der Waals surface area contributed by atoms with E-state index in [1.54, 1.807) is 38.1 Å². The first-order chi connectivity index (χ1) is 9.63. The van der Waals surface area contributed by atoms with Crippen LogP contribution in [0.1, 0.15) is 26.3 Å². The topological polar surface area (TPSA) is 67.8 Å². The molecule has 0 amide bonds. The van der Waals surface area contributed by atoms with E-state index in [0.29, 0.717) is 17.9 Å². The van der Waals surface area contributed by atoms with Gasteiger partial charge in [-0.15, -0.1) is 0 Å². The number of esters is 1. The molecule has 0 unspecified atom stereocenters. The van der Waals surface area contributed by atoms with Crippen LogP contribution in [0.2, 0.25) is 0 Å². The zero-order valence-corrected chi connectivity index (χ0v) is 12.0. The van der Waals surface area contributed by atoms with Crippen LogP contribution in [0, 0.1) is 0 Å². The van der Waals surface area contributed by atoms with Crippen LogP contribution in [0.4, 0.5) is 0 Å². The van der Waals surface area contributed by atoms with Crippen molar-refractivity contribution in [3.8, 4) is 5.75 Å². The Labute approximate surface area is 118 Å². The lowest BCUT2D eigenvalue weighted by molar-refractivity contribution is -0.354. The summed E-state index contributed by atoms with van der Waals surface area (Å²) >= 11 is 0. The minimum atomic E-state index is -0.685. The number of carbonyl (C=O) groups excluding carboxylic acids is 1. The molecule has 0 aromatic heterocycles. The lowest BCUT2D eigenvalue weighted by atomic mass is 10.1. The molecule has 0 heterocycles. The summed E-state index contributed by atoms with van der Waals surface area (Å²) in [4.78, 5) is 11.9. The molecular formula is C15H19O5-. The fraction of sp³-hybridized carbons (Fsp3) is 0.400. The van der Waals surface area contributed by atoms with E-state index in [9.17, 15) is 9.90 Å². The average Bonchev–Trinajstić information content (AvgIpc) is 2.42. The van der Waals surface area contributed by atoms with Crippen LogP contribution in [0.3, 0.4) is 0 Å². The van der Waals surface area contributed by atoms with Crippen molar-refractivity contribution in [1.82, 2.24) is 0 Å². The smallest absolute Gasteiger partial charge is 0.340 e. The van der Waals surface area contributed by atoms with Crippen LogP contribution in [-0.2, 0) is 14.3 Å². The van der Waals surface area contributed by atoms with Crippen LogP contribution < -0.4 is 9.84 Å². The zero-order chi connectivity index (χ0) is 15.0. The summed E-state index contributed by atoms with van der Waals surface area (Å²) < 4.78 is 15.1. The molecule has 0 aliphatic carbocycles. The highest BCUT2D eigenvalue weighted by molar-refractivity contribution is 6.16. The van der Waals surface area contributed by atoms with E-state index < -0.39 is 11.9 Å². The lowest BCUT2D eigenvalue weighted by Gasteiger charge is -2.18. The van der Waals surface area contributed by atoms with Gasteiger partial charge in [-0.2, -0.15) is 0 Å². The maximum absolute atomic E-state index is 11.9. The summed E-state index contributed by atoms with van der Waals surface area (Å²) in [6.07, 6.45) is 0. The molecule has 0 aliphatic rings. The minimum Gasteiger partial charge on any atom is -0.613 e. The van der Waals surface area contributed by atoms with Crippen molar-refractivity contribution in [2.24, 2.45) is 0 Å². The van der Waals surface area contributed by atoms with Gasteiger partial charge in [-0.25, -0.2) is 4.79 Å². The SMILES string of the molecule is CCOC(=O)/C(=C(/[O-])OCC)c1ccc(OCC)cc1. The van der Waals surface area contributed by atoms with E-state index in [2.05, 4.69) is 0 Å². The second kappa shape index (κ2) is 8.09. The second-order valence-electron chi connectivity index (χ2n) is 3.77. The molecule has 1 rings (SSSR count). The van der Waals surface area contributed by atoms with Crippen molar-refractivity contribution in [2.45, 2.75) is 20.8 Å². The number of carbonyl (C=O) groups is 1. The summed E-state index contributed by atoms with van der Waals surface area (Å²) in [6.45, 7) is 6.17. The number of benzene rings is 1. The van der Waals surface area contributed by atoms with Crippen molar-refractivity contribution >= 4 is 11.5 Å². The van der Waals surface area contributed by atoms with Crippen LogP contribution in [-0.4, -0.2) is 25.8 Å². The normalized spacial score (nSPS) is 11.6. The Kier molecular flexibility index (Phi) is 6.43. The third-order valence-electron chi connectivity index (χ3n) is 2.41. The first-order valence-electron chi connectivity index (χ1n) is 6.58. The second-order valence-corrected chi connectivity index (χ2v) is 3.77. The quantitative estimate of drug-likeness (QED) is 0.432. The van der Waals surface area contributed by atoms with Crippen molar-refractivity contribution < 1.29 is 24.1 Å². The maximum Gasteiger partial charge on any atom is 0.340 e. The minimum absolute atomic E-state index is 0.100. The summed E-state index contributed by atoms with van der Waals surface area (Å²) in [6, 6.07) is 6.65. The molecule has 20 heavy (non-hydrogen) atoms. The van der Waals surface area contributed by atoms with E-state index in [-0.39, 0.29) is 18.8 Å². The lowest BCUT2D eigenvalue weighted by Crippen LogP contribution is -2.18. The Morgan fingerprint density at radius 3 is 2.10 bits per heavy atom. The monoisotopic (exact) mass is 279 g/mol.